The molecule has 0 spiro atoms. The summed E-state index contributed by atoms with van der Waals surface area (Å²) in [5.41, 5.74) is 2.65. The Hall–Kier alpha value is -2.47. The van der Waals surface area contributed by atoms with Crippen molar-refractivity contribution in [2.24, 2.45) is 0 Å². The van der Waals surface area contributed by atoms with Gasteiger partial charge in [0, 0.05) is 24.3 Å². The van der Waals surface area contributed by atoms with Gasteiger partial charge in [-0.2, -0.15) is 0 Å². The highest BCUT2D eigenvalue weighted by Gasteiger charge is 2.15. The van der Waals surface area contributed by atoms with E-state index in [1.165, 1.54) is 12.5 Å². The third kappa shape index (κ3) is 4.58. The van der Waals surface area contributed by atoms with Crippen LogP contribution in [0, 0.1) is 12.7 Å². The minimum atomic E-state index is -0.295. The van der Waals surface area contributed by atoms with Crippen molar-refractivity contribution >= 4 is 34.6 Å². The van der Waals surface area contributed by atoms with Crippen molar-refractivity contribution in [2.75, 3.05) is 23.3 Å². The molecule has 0 saturated carbocycles. The number of benzene rings is 2. The summed E-state index contributed by atoms with van der Waals surface area (Å²) in [5.74, 6) is -0.582. The van der Waals surface area contributed by atoms with Gasteiger partial charge in [-0.1, -0.05) is 17.7 Å². The number of thiocarbonyl (C=S) groups is 1. The molecule has 0 bridgehead atoms. The highest BCUT2D eigenvalue weighted by molar-refractivity contribution is 7.80. The number of nitrogens with zero attached hydrogens (tertiary/aromatic N) is 1. The summed E-state index contributed by atoms with van der Waals surface area (Å²) < 4.78 is 14.4. The summed E-state index contributed by atoms with van der Waals surface area (Å²) in [5, 5.41) is 5.63. The summed E-state index contributed by atoms with van der Waals surface area (Å²) in [6.07, 6.45) is 3.38. The molecule has 136 valence electrons. The van der Waals surface area contributed by atoms with Crippen molar-refractivity contribution in [3.63, 3.8) is 0 Å². The summed E-state index contributed by atoms with van der Waals surface area (Å²) in [6, 6.07) is 12.2. The van der Waals surface area contributed by atoms with Crippen LogP contribution in [-0.2, 0) is 0 Å². The van der Waals surface area contributed by atoms with E-state index < -0.39 is 0 Å². The second-order valence-electron chi connectivity index (χ2n) is 6.49. The minimum Gasteiger partial charge on any atom is -0.369 e. The van der Waals surface area contributed by atoms with Crippen molar-refractivity contribution in [1.82, 2.24) is 5.32 Å². The Balaban J connectivity index is 1.62. The van der Waals surface area contributed by atoms with E-state index in [-0.39, 0.29) is 16.8 Å². The van der Waals surface area contributed by atoms with Crippen molar-refractivity contribution < 1.29 is 9.18 Å². The number of hydrogen-bond acceptors (Lipinski definition) is 3. The van der Waals surface area contributed by atoms with Crippen LogP contribution in [0.2, 0.25) is 0 Å². The molecular formula is C20H22FN3OS. The molecular weight excluding hydrogens is 349 g/mol. The first-order valence-electron chi connectivity index (χ1n) is 8.76. The highest BCUT2D eigenvalue weighted by Crippen LogP contribution is 2.25. The molecule has 0 radical (unpaired) electrons. The maximum absolute atomic E-state index is 14.4. The fourth-order valence-corrected chi connectivity index (χ4v) is 3.31. The van der Waals surface area contributed by atoms with Gasteiger partial charge in [-0.3, -0.25) is 10.1 Å². The van der Waals surface area contributed by atoms with E-state index in [2.05, 4.69) is 15.5 Å². The zero-order valence-electron chi connectivity index (χ0n) is 14.7. The molecule has 1 aliphatic rings. The average molecular weight is 371 g/mol. The van der Waals surface area contributed by atoms with Crippen molar-refractivity contribution in [3.8, 4) is 0 Å². The van der Waals surface area contributed by atoms with E-state index in [1.807, 2.05) is 19.1 Å². The minimum absolute atomic E-state index is 0.140. The van der Waals surface area contributed by atoms with Gasteiger partial charge in [0.1, 0.15) is 5.82 Å². The molecule has 1 fully saturated rings. The molecule has 0 aliphatic carbocycles. The van der Waals surface area contributed by atoms with Crippen LogP contribution in [0.4, 0.5) is 15.8 Å². The molecule has 0 aromatic heterocycles. The first-order valence-corrected chi connectivity index (χ1v) is 9.17. The monoisotopic (exact) mass is 371 g/mol. The third-order valence-electron chi connectivity index (χ3n) is 4.41. The molecule has 26 heavy (non-hydrogen) atoms. The number of rotatable bonds is 3. The molecule has 3 rings (SSSR count). The van der Waals surface area contributed by atoms with Crippen LogP contribution in [0.25, 0.3) is 0 Å². The Morgan fingerprint density at radius 3 is 2.58 bits per heavy atom. The predicted molar refractivity (Wildman–Crippen MR) is 107 cm³/mol. The summed E-state index contributed by atoms with van der Waals surface area (Å²) >= 11 is 5.17. The van der Waals surface area contributed by atoms with Gasteiger partial charge in [0.05, 0.1) is 5.69 Å². The average Bonchev–Trinajstić information content (AvgIpc) is 2.62. The predicted octanol–water partition coefficient (Wildman–Crippen LogP) is 4.25. The number of nitrogens with one attached hydrogen (secondary N) is 2. The number of halogens is 1. The molecule has 2 aromatic carbocycles. The van der Waals surface area contributed by atoms with Gasteiger partial charge in [-0.15, -0.1) is 0 Å². The largest absolute Gasteiger partial charge is 0.369 e. The molecule has 0 atom stereocenters. The van der Waals surface area contributed by atoms with Crippen molar-refractivity contribution in [1.29, 1.82) is 0 Å². The Labute approximate surface area is 158 Å². The molecule has 6 heteroatoms. The lowest BCUT2D eigenvalue weighted by atomic mass is 10.1. The van der Waals surface area contributed by atoms with Gasteiger partial charge >= 0.3 is 0 Å². The summed E-state index contributed by atoms with van der Waals surface area (Å²) in [7, 11) is 0. The van der Waals surface area contributed by atoms with E-state index in [1.54, 1.807) is 24.3 Å². The summed E-state index contributed by atoms with van der Waals surface area (Å²) in [4.78, 5) is 14.3. The smallest absolute Gasteiger partial charge is 0.257 e. The standard InChI is InChI=1S/C20H22FN3OS/c1-14-6-5-7-15(12-14)19(25)23-20(26)22-16-8-9-18(17(21)13-16)24-10-3-2-4-11-24/h5-9,12-13H,2-4,10-11H2,1H3,(H2,22,23,25,26). The van der Waals surface area contributed by atoms with Crippen molar-refractivity contribution in [3.05, 3.63) is 59.4 Å². The van der Waals surface area contributed by atoms with Crippen LogP contribution in [0.3, 0.4) is 0 Å². The lowest BCUT2D eigenvalue weighted by Crippen LogP contribution is -2.34. The fourth-order valence-electron chi connectivity index (χ4n) is 3.10. The van der Waals surface area contributed by atoms with E-state index in [4.69, 9.17) is 12.2 Å². The first kappa shape index (κ1) is 18.3. The van der Waals surface area contributed by atoms with Crippen LogP contribution in [-0.4, -0.2) is 24.1 Å². The maximum Gasteiger partial charge on any atom is 0.257 e. The lowest BCUT2D eigenvalue weighted by Gasteiger charge is -2.29. The number of hydrogen-bond donors (Lipinski definition) is 2. The Morgan fingerprint density at radius 1 is 1.12 bits per heavy atom. The van der Waals surface area contributed by atoms with Gasteiger partial charge in [-0.25, -0.2) is 4.39 Å². The number of piperidine rings is 1. The second kappa shape index (κ2) is 8.27. The Kier molecular flexibility index (Phi) is 5.83. The van der Waals surface area contributed by atoms with E-state index in [0.717, 1.165) is 31.5 Å². The zero-order chi connectivity index (χ0) is 18.5. The van der Waals surface area contributed by atoms with Gasteiger partial charge in [0.2, 0.25) is 0 Å². The number of amides is 1. The molecule has 2 N–H and O–H groups in total. The normalized spacial score (nSPS) is 14.0. The van der Waals surface area contributed by atoms with Crippen molar-refractivity contribution in [2.45, 2.75) is 26.2 Å². The molecule has 1 aliphatic heterocycles. The van der Waals surface area contributed by atoms with Crippen LogP contribution < -0.4 is 15.5 Å². The van der Waals surface area contributed by atoms with Gasteiger partial charge in [0.15, 0.2) is 5.11 Å². The maximum atomic E-state index is 14.4. The fraction of sp³-hybridized carbons (Fsp3) is 0.300. The molecule has 1 heterocycles. The van der Waals surface area contributed by atoms with Crippen LogP contribution >= 0.6 is 12.2 Å². The molecule has 1 saturated heterocycles. The molecule has 1 amide bonds. The third-order valence-corrected chi connectivity index (χ3v) is 4.61. The topological polar surface area (TPSA) is 44.4 Å². The quantitative estimate of drug-likeness (QED) is 0.792. The second-order valence-corrected chi connectivity index (χ2v) is 6.90. The SMILES string of the molecule is Cc1cccc(C(=O)NC(=S)Nc2ccc(N3CCCCC3)c(F)c2)c1. The van der Waals surface area contributed by atoms with E-state index in [0.29, 0.717) is 16.9 Å². The van der Waals surface area contributed by atoms with Gasteiger partial charge in [0.25, 0.3) is 5.91 Å². The van der Waals surface area contributed by atoms with Crippen LogP contribution in [0.5, 0.6) is 0 Å². The molecule has 4 nitrogen and oxygen atoms in total. The van der Waals surface area contributed by atoms with Gasteiger partial charge < -0.3 is 10.2 Å². The first-order chi connectivity index (χ1) is 12.5. The lowest BCUT2D eigenvalue weighted by molar-refractivity contribution is 0.0977. The van der Waals surface area contributed by atoms with Crippen LogP contribution in [0.15, 0.2) is 42.5 Å². The number of anilines is 2. The number of carbonyl (C=O) groups excluding carboxylic acids is 1. The molecule has 0 unspecified atom stereocenters. The van der Waals surface area contributed by atoms with E-state index in [9.17, 15) is 9.18 Å². The van der Waals surface area contributed by atoms with Gasteiger partial charge in [-0.05, 0) is 68.7 Å². The van der Waals surface area contributed by atoms with Crippen LogP contribution in [0.1, 0.15) is 35.2 Å². The highest BCUT2D eigenvalue weighted by atomic mass is 32.1. The van der Waals surface area contributed by atoms with E-state index >= 15 is 0 Å². The Bertz CT molecular complexity index is 818. The Morgan fingerprint density at radius 2 is 1.88 bits per heavy atom. The number of aryl methyl sites for hydroxylation is 1. The zero-order valence-corrected chi connectivity index (χ0v) is 15.5. The summed E-state index contributed by atoms with van der Waals surface area (Å²) in [6.45, 7) is 3.68. The molecule has 2 aromatic rings. The number of carbonyl (C=O) groups is 1.